The molecule has 24 heavy (non-hydrogen) atoms. The molecule has 0 aromatic heterocycles. The number of hydrogen-bond acceptors (Lipinski definition) is 4. The first-order valence-corrected chi connectivity index (χ1v) is 7.58. The van der Waals surface area contributed by atoms with Crippen LogP contribution in [0.1, 0.15) is 29.7 Å². The maximum atomic E-state index is 12.4. The van der Waals surface area contributed by atoms with Crippen LogP contribution in [-0.2, 0) is 11.2 Å². The first kappa shape index (κ1) is 17.4. The van der Waals surface area contributed by atoms with Crippen molar-refractivity contribution in [3.63, 3.8) is 0 Å². The van der Waals surface area contributed by atoms with Crippen LogP contribution in [0, 0.1) is 11.3 Å². The van der Waals surface area contributed by atoms with Crippen LogP contribution in [0.2, 0.25) is 0 Å². The maximum absolute atomic E-state index is 12.4. The van der Waals surface area contributed by atoms with Crippen LogP contribution in [0.25, 0.3) is 0 Å². The van der Waals surface area contributed by atoms with Gasteiger partial charge in [-0.05, 0) is 36.8 Å². The molecule has 0 fully saturated rings. The number of carbonyl (C=O) groups is 1. The Morgan fingerprint density at radius 3 is 2.38 bits per heavy atom. The summed E-state index contributed by atoms with van der Waals surface area (Å²) in [5.74, 6) is 1.08. The Bertz CT molecular complexity index is 743. The van der Waals surface area contributed by atoms with Gasteiger partial charge in [0.25, 0.3) is 0 Å². The van der Waals surface area contributed by atoms with E-state index in [1.54, 1.807) is 44.6 Å². The third-order valence-electron chi connectivity index (χ3n) is 3.76. The summed E-state index contributed by atoms with van der Waals surface area (Å²) in [5, 5.41) is 11.9. The smallest absolute Gasteiger partial charge is 0.225 e. The molecule has 0 bridgehead atoms. The van der Waals surface area contributed by atoms with Gasteiger partial charge in [0, 0.05) is 5.56 Å². The Morgan fingerprint density at radius 2 is 1.79 bits per heavy atom. The topological polar surface area (TPSA) is 71.3 Å². The number of rotatable bonds is 6. The number of nitrogens with one attached hydrogen (secondary N) is 1. The fraction of sp³-hybridized carbons (Fsp3) is 0.263. The van der Waals surface area contributed by atoms with Crippen molar-refractivity contribution in [3.05, 3.63) is 59.2 Å². The van der Waals surface area contributed by atoms with Crippen molar-refractivity contribution in [2.24, 2.45) is 0 Å². The number of methoxy groups -OCH3 is 2. The molecule has 5 heteroatoms. The van der Waals surface area contributed by atoms with Crippen molar-refractivity contribution in [2.75, 3.05) is 14.2 Å². The summed E-state index contributed by atoms with van der Waals surface area (Å²) in [6, 6.07) is 14.5. The van der Waals surface area contributed by atoms with Crippen LogP contribution in [-0.4, -0.2) is 20.1 Å². The molecular formula is C19H20N2O3. The minimum Gasteiger partial charge on any atom is -0.496 e. The first-order chi connectivity index (χ1) is 11.6. The SMILES string of the molecule is COc1cccc(OC)c1CC(=O)N[C@@H](C)c1cccc(C#N)c1. The highest BCUT2D eigenvalue weighted by molar-refractivity contribution is 5.80. The summed E-state index contributed by atoms with van der Waals surface area (Å²) >= 11 is 0. The van der Waals surface area contributed by atoms with E-state index in [9.17, 15) is 4.79 Å². The number of nitriles is 1. The number of hydrogen-bond donors (Lipinski definition) is 1. The van der Waals surface area contributed by atoms with E-state index in [-0.39, 0.29) is 18.4 Å². The third-order valence-corrected chi connectivity index (χ3v) is 3.76. The zero-order chi connectivity index (χ0) is 17.5. The lowest BCUT2D eigenvalue weighted by atomic mass is 10.0. The quantitative estimate of drug-likeness (QED) is 0.886. The lowest BCUT2D eigenvalue weighted by molar-refractivity contribution is -0.121. The van der Waals surface area contributed by atoms with E-state index in [2.05, 4.69) is 11.4 Å². The van der Waals surface area contributed by atoms with Gasteiger partial charge in [-0.1, -0.05) is 18.2 Å². The van der Waals surface area contributed by atoms with Gasteiger partial charge in [-0.25, -0.2) is 0 Å². The van der Waals surface area contributed by atoms with Crippen LogP contribution in [0.4, 0.5) is 0 Å². The molecule has 0 saturated heterocycles. The number of amides is 1. The molecule has 0 saturated carbocycles. The Morgan fingerprint density at radius 1 is 1.17 bits per heavy atom. The van der Waals surface area contributed by atoms with Gasteiger partial charge >= 0.3 is 0 Å². The van der Waals surface area contributed by atoms with Crippen molar-refractivity contribution >= 4 is 5.91 Å². The summed E-state index contributed by atoms with van der Waals surface area (Å²) in [5.41, 5.74) is 2.16. The van der Waals surface area contributed by atoms with Gasteiger partial charge in [0.1, 0.15) is 11.5 Å². The van der Waals surface area contributed by atoms with Gasteiger partial charge in [-0.15, -0.1) is 0 Å². The zero-order valence-electron chi connectivity index (χ0n) is 14.0. The molecule has 0 unspecified atom stereocenters. The molecule has 2 aromatic carbocycles. The average molecular weight is 324 g/mol. The Labute approximate surface area is 141 Å². The lowest BCUT2D eigenvalue weighted by Crippen LogP contribution is -2.28. The fourth-order valence-electron chi connectivity index (χ4n) is 2.52. The zero-order valence-corrected chi connectivity index (χ0v) is 14.0. The van der Waals surface area contributed by atoms with Crippen molar-refractivity contribution in [1.29, 1.82) is 5.26 Å². The van der Waals surface area contributed by atoms with Gasteiger partial charge < -0.3 is 14.8 Å². The van der Waals surface area contributed by atoms with Crippen LogP contribution in [0.5, 0.6) is 11.5 Å². The Balaban J connectivity index is 2.12. The largest absolute Gasteiger partial charge is 0.496 e. The van der Waals surface area contributed by atoms with Crippen LogP contribution >= 0.6 is 0 Å². The van der Waals surface area contributed by atoms with Crippen LogP contribution in [0.15, 0.2) is 42.5 Å². The van der Waals surface area contributed by atoms with Gasteiger partial charge in [0.15, 0.2) is 0 Å². The fourth-order valence-corrected chi connectivity index (χ4v) is 2.52. The maximum Gasteiger partial charge on any atom is 0.225 e. The highest BCUT2D eigenvalue weighted by Gasteiger charge is 2.16. The van der Waals surface area contributed by atoms with Gasteiger partial charge in [-0.2, -0.15) is 5.26 Å². The van der Waals surface area contributed by atoms with Crippen LogP contribution < -0.4 is 14.8 Å². The summed E-state index contributed by atoms with van der Waals surface area (Å²) in [6.07, 6.45) is 0.148. The predicted octanol–water partition coefficient (Wildman–Crippen LogP) is 3.00. The van der Waals surface area contributed by atoms with E-state index in [4.69, 9.17) is 14.7 Å². The number of benzene rings is 2. The summed E-state index contributed by atoms with van der Waals surface area (Å²) in [7, 11) is 3.12. The molecule has 2 aromatic rings. The van der Waals surface area contributed by atoms with E-state index in [0.717, 1.165) is 5.56 Å². The Kier molecular flexibility index (Phi) is 5.80. The van der Waals surface area contributed by atoms with Gasteiger partial charge in [-0.3, -0.25) is 4.79 Å². The van der Waals surface area contributed by atoms with E-state index >= 15 is 0 Å². The molecule has 0 aliphatic rings. The second-order valence-corrected chi connectivity index (χ2v) is 5.34. The van der Waals surface area contributed by atoms with Gasteiger partial charge in [0.2, 0.25) is 5.91 Å². The molecule has 2 rings (SSSR count). The molecule has 5 nitrogen and oxygen atoms in total. The summed E-state index contributed by atoms with van der Waals surface area (Å²) < 4.78 is 10.6. The molecule has 0 heterocycles. The molecule has 1 N–H and O–H groups in total. The Hall–Kier alpha value is -3.00. The molecule has 0 aliphatic carbocycles. The van der Waals surface area contributed by atoms with E-state index in [1.165, 1.54) is 0 Å². The second kappa shape index (κ2) is 8.02. The van der Waals surface area contributed by atoms with Crippen LogP contribution in [0.3, 0.4) is 0 Å². The van der Waals surface area contributed by atoms with Crippen molar-refractivity contribution in [2.45, 2.75) is 19.4 Å². The van der Waals surface area contributed by atoms with E-state index in [0.29, 0.717) is 22.6 Å². The molecule has 124 valence electrons. The summed E-state index contributed by atoms with van der Waals surface area (Å²) in [4.78, 5) is 12.4. The minimum atomic E-state index is -0.202. The first-order valence-electron chi connectivity index (χ1n) is 7.58. The van der Waals surface area contributed by atoms with Crippen molar-refractivity contribution in [1.82, 2.24) is 5.32 Å². The van der Waals surface area contributed by atoms with E-state index < -0.39 is 0 Å². The molecule has 1 atom stereocenters. The molecule has 0 aliphatic heterocycles. The predicted molar refractivity (Wildman–Crippen MR) is 91.0 cm³/mol. The third kappa shape index (κ3) is 4.05. The normalized spacial score (nSPS) is 11.2. The average Bonchev–Trinajstić information content (AvgIpc) is 2.61. The van der Waals surface area contributed by atoms with Crippen molar-refractivity contribution < 1.29 is 14.3 Å². The molecular weight excluding hydrogens is 304 g/mol. The molecule has 1 amide bonds. The van der Waals surface area contributed by atoms with Crippen molar-refractivity contribution in [3.8, 4) is 17.6 Å². The second-order valence-electron chi connectivity index (χ2n) is 5.34. The van der Waals surface area contributed by atoms with Gasteiger partial charge in [0.05, 0.1) is 38.3 Å². The minimum absolute atomic E-state index is 0.146. The lowest BCUT2D eigenvalue weighted by Gasteiger charge is -2.17. The highest BCUT2D eigenvalue weighted by atomic mass is 16.5. The monoisotopic (exact) mass is 324 g/mol. The number of nitrogens with zero attached hydrogens (tertiary/aromatic N) is 1. The van der Waals surface area contributed by atoms with E-state index in [1.807, 2.05) is 19.1 Å². The number of carbonyl (C=O) groups excluding carboxylic acids is 1. The molecule has 0 spiro atoms. The number of ether oxygens (including phenoxy) is 2. The highest BCUT2D eigenvalue weighted by Crippen LogP contribution is 2.28. The standard InChI is InChI=1S/C19H20N2O3/c1-13(15-7-4-6-14(10-15)12-20)21-19(22)11-16-17(23-2)8-5-9-18(16)24-3/h4-10,13H,11H2,1-3H3,(H,21,22)/t13-/m0/s1. The summed E-state index contributed by atoms with van der Waals surface area (Å²) in [6.45, 7) is 1.88. The molecule has 0 radical (unpaired) electrons.